The molecule has 0 fully saturated rings. The van der Waals surface area contributed by atoms with Crippen molar-refractivity contribution in [1.82, 2.24) is 0 Å². The molecule has 0 aliphatic rings. The number of halogens is 1. The molecular weight excluding hydrogens is 246 g/mol. The van der Waals surface area contributed by atoms with Crippen molar-refractivity contribution in [2.24, 2.45) is 0 Å². The number of esters is 1. The SMILES string of the molecule is C=CC(=O)O.C=CC(=O)OCC[N+](C)(C)C.[Cl-]. The van der Waals surface area contributed by atoms with Gasteiger partial charge in [0.1, 0.15) is 13.2 Å². The number of carboxylic acids is 1. The Balaban J connectivity index is -0.000000280. The molecule has 0 atom stereocenters. The Kier molecular flexibility index (Phi) is 13.8. The fourth-order valence-electron chi connectivity index (χ4n) is 0.479. The molecule has 0 heterocycles. The zero-order chi connectivity index (χ0) is 13.2. The normalized spacial score (nSPS) is 8.88. The van der Waals surface area contributed by atoms with E-state index in [0.29, 0.717) is 6.61 Å². The summed E-state index contributed by atoms with van der Waals surface area (Å²) in [5, 5.41) is 7.60. The number of carboxylic acid groups (broad SMARTS) is 1. The van der Waals surface area contributed by atoms with Gasteiger partial charge in [-0.1, -0.05) is 13.2 Å². The molecule has 0 spiro atoms. The van der Waals surface area contributed by atoms with E-state index in [1.54, 1.807) is 0 Å². The van der Waals surface area contributed by atoms with Crippen molar-refractivity contribution in [2.45, 2.75) is 0 Å². The molecule has 17 heavy (non-hydrogen) atoms. The molecule has 0 unspecified atom stereocenters. The number of likely N-dealkylation sites (N-methyl/N-ethyl adjacent to an activating group) is 1. The van der Waals surface area contributed by atoms with Crippen molar-refractivity contribution < 1.29 is 36.3 Å². The first-order chi connectivity index (χ1) is 7.22. The van der Waals surface area contributed by atoms with Gasteiger partial charge in [-0.15, -0.1) is 0 Å². The number of hydrogen-bond acceptors (Lipinski definition) is 3. The van der Waals surface area contributed by atoms with Crippen molar-refractivity contribution in [3.05, 3.63) is 25.3 Å². The first-order valence-electron chi connectivity index (χ1n) is 4.68. The lowest BCUT2D eigenvalue weighted by Gasteiger charge is -2.23. The first kappa shape index (κ1) is 21.0. The van der Waals surface area contributed by atoms with Gasteiger partial charge in [0.25, 0.3) is 0 Å². The monoisotopic (exact) mass is 265 g/mol. The highest BCUT2D eigenvalue weighted by molar-refractivity contribution is 5.81. The van der Waals surface area contributed by atoms with E-state index in [-0.39, 0.29) is 18.4 Å². The minimum atomic E-state index is -0.981. The van der Waals surface area contributed by atoms with Crippen LogP contribution in [0.5, 0.6) is 0 Å². The van der Waals surface area contributed by atoms with Gasteiger partial charge in [-0.05, 0) is 0 Å². The molecule has 0 aliphatic heterocycles. The maximum Gasteiger partial charge on any atom is 0.330 e. The average Bonchev–Trinajstić information content (AvgIpc) is 2.16. The second-order valence-electron chi connectivity index (χ2n) is 3.93. The highest BCUT2D eigenvalue weighted by atomic mass is 35.5. The lowest BCUT2D eigenvalue weighted by Crippen LogP contribution is -3.00. The third kappa shape index (κ3) is 25.2. The van der Waals surface area contributed by atoms with Crippen molar-refractivity contribution in [1.29, 1.82) is 0 Å². The number of nitrogens with zero attached hydrogens (tertiary/aromatic N) is 1. The van der Waals surface area contributed by atoms with E-state index in [0.717, 1.165) is 17.1 Å². The smallest absolute Gasteiger partial charge is 0.330 e. The van der Waals surface area contributed by atoms with Crippen LogP contribution in [0.3, 0.4) is 0 Å². The van der Waals surface area contributed by atoms with Crippen LogP contribution in [0.4, 0.5) is 0 Å². The van der Waals surface area contributed by atoms with E-state index in [2.05, 4.69) is 13.2 Å². The Hall–Kier alpha value is -1.33. The number of aliphatic carboxylic acids is 1. The molecular formula is C11H20ClNO4. The van der Waals surface area contributed by atoms with Gasteiger partial charge in [0.05, 0.1) is 21.1 Å². The molecule has 0 bridgehead atoms. The summed E-state index contributed by atoms with van der Waals surface area (Å²) in [7, 11) is 6.13. The zero-order valence-electron chi connectivity index (χ0n) is 10.5. The fraction of sp³-hybridized carbons (Fsp3) is 0.455. The summed E-state index contributed by atoms with van der Waals surface area (Å²) < 4.78 is 5.59. The van der Waals surface area contributed by atoms with Crippen molar-refractivity contribution in [2.75, 3.05) is 34.3 Å². The van der Waals surface area contributed by atoms with Crippen LogP contribution in [0.2, 0.25) is 0 Å². The molecule has 0 saturated carbocycles. The Bertz CT molecular complexity index is 259. The Morgan fingerprint density at radius 3 is 1.88 bits per heavy atom. The number of carbonyl (C=O) groups excluding carboxylic acids is 1. The number of ether oxygens (including phenoxy) is 1. The molecule has 1 N–H and O–H groups in total. The van der Waals surface area contributed by atoms with Crippen LogP contribution >= 0.6 is 0 Å². The molecule has 0 aliphatic carbocycles. The Morgan fingerprint density at radius 2 is 1.65 bits per heavy atom. The summed E-state index contributed by atoms with van der Waals surface area (Å²) in [5.41, 5.74) is 0. The lowest BCUT2D eigenvalue weighted by atomic mass is 10.5. The van der Waals surface area contributed by atoms with Crippen LogP contribution in [0, 0.1) is 0 Å². The van der Waals surface area contributed by atoms with Gasteiger partial charge in [0, 0.05) is 12.2 Å². The predicted octanol–water partition coefficient (Wildman–Crippen LogP) is -2.32. The fourth-order valence-corrected chi connectivity index (χ4v) is 0.479. The molecule has 0 aromatic carbocycles. The maximum absolute atomic E-state index is 10.6. The van der Waals surface area contributed by atoms with Crippen LogP contribution in [-0.2, 0) is 14.3 Å². The van der Waals surface area contributed by atoms with Gasteiger partial charge < -0.3 is 26.7 Å². The summed E-state index contributed by atoms with van der Waals surface area (Å²) in [4.78, 5) is 19.8. The standard InChI is InChI=1S/C8H16NO2.C3H4O2.ClH/c1-5-8(10)11-7-6-9(2,3)4;1-2-3(4)5;/h5H,1,6-7H2,2-4H3;2H,1H2,(H,4,5);1H/q+1;;/p-1. The van der Waals surface area contributed by atoms with Crippen molar-refractivity contribution in [3.63, 3.8) is 0 Å². The molecule has 6 heteroatoms. The molecule has 0 saturated heterocycles. The van der Waals surface area contributed by atoms with Gasteiger partial charge in [0.2, 0.25) is 0 Å². The molecule has 0 radical (unpaired) electrons. The van der Waals surface area contributed by atoms with Gasteiger partial charge in [-0.3, -0.25) is 0 Å². The average molecular weight is 266 g/mol. The Labute approximate surface area is 108 Å². The largest absolute Gasteiger partial charge is 1.00 e. The summed E-state index contributed by atoms with van der Waals surface area (Å²) in [6.45, 7) is 7.53. The molecule has 0 rings (SSSR count). The second-order valence-corrected chi connectivity index (χ2v) is 3.93. The van der Waals surface area contributed by atoms with E-state index in [4.69, 9.17) is 9.84 Å². The van der Waals surface area contributed by atoms with Crippen LogP contribution in [0.1, 0.15) is 0 Å². The topological polar surface area (TPSA) is 63.6 Å². The number of carbonyl (C=O) groups is 2. The summed E-state index contributed by atoms with van der Waals surface area (Å²) in [5.74, 6) is -1.33. The highest BCUT2D eigenvalue weighted by Crippen LogP contribution is 1.89. The van der Waals surface area contributed by atoms with E-state index in [9.17, 15) is 9.59 Å². The molecule has 0 amide bonds. The molecule has 0 aromatic rings. The van der Waals surface area contributed by atoms with Gasteiger partial charge in [0.15, 0.2) is 0 Å². The maximum atomic E-state index is 10.6. The number of rotatable bonds is 5. The Morgan fingerprint density at radius 1 is 1.24 bits per heavy atom. The zero-order valence-corrected chi connectivity index (χ0v) is 11.2. The third-order valence-electron chi connectivity index (χ3n) is 1.35. The summed E-state index contributed by atoms with van der Waals surface area (Å²) in [6, 6.07) is 0. The van der Waals surface area contributed by atoms with Gasteiger partial charge in [-0.25, -0.2) is 9.59 Å². The quantitative estimate of drug-likeness (QED) is 0.345. The molecule has 0 aromatic heterocycles. The third-order valence-corrected chi connectivity index (χ3v) is 1.35. The minimum Gasteiger partial charge on any atom is -1.00 e. The number of hydrogen-bond donors (Lipinski definition) is 1. The van der Waals surface area contributed by atoms with E-state index >= 15 is 0 Å². The minimum absolute atomic E-state index is 0. The second kappa shape index (κ2) is 11.2. The summed E-state index contributed by atoms with van der Waals surface area (Å²) >= 11 is 0. The van der Waals surface area contributed by atoms with Crippen LogP contribution in [0.15, 0.2) is 25.3 Å². The highest BCUT2D eigenvalue weighted by Gasteiger charge is 2.06. The van der Waals surface area contributed by atoms with Crippen LogP contribution < -0.4 is 12.4 Å². The lowest BCUT2D eigenvalue weighted by molar-refractivity contribution is -0.870. The number of quaternary nitrogens is 1. The summed E-state index contributed by atoms with van der Waals surface area (Å²) in [6.07, 6.45) is 2.01. The van der Waals surface area contributed by atoms with Crippen LogP contribution in [-0.4, -0.2) is 55.8 Å². The van der Waals surface area contributed by atoms with Crippen LogP contribution in [0.25, 0.3) is 0 Å². The first-order valence-corrected chi connectivity index (χ1v) is 4.68. The van der Waals surface area contributed by atoms with Crippen molar-refractivity contribution >= 4 is 11.9 Å². The molecule has 5 nitrogen and oxygen atoms in total. The van der Waals surface area contributed by atoms with E-state index in [1.165, 1.54) is 6.08 Å². The van der Waals surface area contributed by atoms with Gasteiger partial charge >= 0.3 is 11.9 Å². The predicted molar refractivity (Wildman–Crippen MR) is 61.9 cm³/mol. The van der Waals surface area contributed by atoms with E-state index in [1.807, 2.05) is 21.1 Å². The molecule has 100 valence electrons. The van der Waals surface area contributed by atoms with E-state index < -0.39 is 5.97 Å². The van der Waals surface area contributed by atoms with Gasteiger partial charge in [-0.2, -0.15) is 0 Å². The van der Waals surface area contributed by atoms with Crippen molar-refractivity contribution in [3.8, 4) is 0 Å².